The first-order valence-corrected chi connectivity index (χ1v) is 8.37. The molecule has 0 N–H and O–H groups in total. The molecule has 4 rings (SSSR count). The number of rotatable bonds is 1. The maximum absolute atomic E-state index is 12.4. The number of benzene rings is 1. The normalized spacial score (nSPS) is 34.7. The van der Waals surface area contributed by atoms with E-state index in [4.69, 9.17) is 4.74 Å². The molecule has 4 heteroatoms. The molecule has 2 saturated heterocycles. The highest BCUT2D eigenvalue weighted by Crippen LogP contribution is 2.54. The maximum atomic E-state index is 12.4. The Labute approximate surface area is 137 Å². The van der Waals surface area contributed by atoms with Crippen LogP contribution in [0.4, 0.5) is 4.79 Å². The molecule has 4 nitrogen and oxygen atoms in total. The van der Waals surface area contributed by atoms with Crippen LogP contribution in [0.1, 0.15) is 32.4 Å². The molecule has 3 aliphatic rings. The van der Waals surface area contributed by atoms with Crippen molar-refractivity contribution in [2.75, 3.05) is 19.6 Å². The van der Waals surface area contributed by atoms with E-state index in [-0.39, 0.29) is 11.6 Å². The highest BCUT2D eigenvalue weighted by molar-refractivity contribution is 5.69. The minimum atomic E-state index is -0.436. The van der Waals surface area contributed by atoms with Crippen molar-refractivity contribution in [1.82, 2.24) is 9.80 Å². The number of carbonyl (C=O) groups is 1. The molecule has 0 aliphatic carbocycles. The summed E-state index contributed by atoms with van der Waals surface area (Å²) in [5.74, 6) is 0.426. The predicted molar refractivity (Wildman–Crippen MR) is 89.1 cm³/mol. The van der Waals surface area contributed by atoms with Gasteiger partial charge >= 0.3 is 6.09 Å². The van der Waals surface area contributed by atoms with Crippen LogP contribution >= 0.6 is 0 Å². The second-order valence-corrected chi connectivity index (χ2v) is 7.94. The van der Waals surface area contributed by atoms with Crippen molar-refractivity contribution < 1.29 is 9.53 Å². The third kappa shape index (κ3) is 2.45. The van der Waals surface area contributed by atoms with Gasteiger partial charge in [0.15, 0.2) is 0 Å². The summed E-state index contributed by atoms with van der Waals surface area (Å²) >= 11 is 0. The predicted octanol–water partition coefficient (Wildman–Crippen LogP) is 3.22. The third-order valence-corrected chi connectivity index (χ3v) is 5.14. The van der Waals surface area contributed by atoms with Gasteiger partial charge in [0.05, 0.1) is 11.6 Å². The van der Waals surface area contributed by atoms with Crippen molar-refractivity contribution in [1.29, 1.82) is 0 Å². The van der Waals surface area contributed by atoms with E-state index < -0.39 is 5.60 Å². The Morgan fingerprint density at radius 1 is 1.17 bits per heavy atom. The Balaban J connectivity index is 1.51. The van der Waals surface area contributed by atoms with Gasteiger partial charge in [-0.2, -0.15) is 0 Å². The number of ether oxygens (including phenoxy) is 1. The lowest BCUT2D eigenvalue weighted by Crippen LogP contribution is -2.37. The largest absolute Gasteiger partial charge is 0.444 e. The number of hydrogen-bond donors (Lipinski definition) is 0. The molecule has 122 valence electrons. The summed E-state index contributed by atoms with van der Waals surface area (Å²) in [4.78, 5) is 16.8. The molecular formula is C19H24N2O2. The highest BCUT2D eigenvalue weighted by Gasteiger charge is 2.65. The monoisotopic (exact) mass is 312 g/mol. The van der Waals surface area contributed by atoms with Gasteiger partial charge in [0.25, 0.3) is 0 Å². The van der Waals surface area contributed by atoms with Gasteiger partial charge in [-0.15, -0.1) is 0 Å². The van der Waals surface area contributed by atoms with Crippen molar-refractivity contribution in [2.24, 2.45) is 5.92 Å². The number of hydrogen-bond acceptors (Lipinski definition) is 3. The summed E-state index contributed by atoms with van der Waals surface area (Å²) in [6.45, 7) is 8.36. The molecule has 1 unspecified atom stereocenters. The third-order valence-electron chi connectivity index (χ3n) is 5.14. The molecule has 3 heterocycles. The second-order valence-electron chi connectivity index (χ2n) is 7.94. The molecule has 1 aromatic rings. The fraction of sp³-hybridized carbons (Fsp3) is 0.526. The average Bonchev–Trinajstić information content (AvgIpc) is 3.09. The lowest BCUT2D eigenvalue weighted by atomic mass is 9.90. The molecule has 0 aromatic heterocycles. The van der Waals surface area contributed by atoms with E-state index in [0.29, 0.717) is 12.0 Å². The summed E-state index contributed by atoms with van der Waals surface area (Å²) in [7, 11) is 0. The van der Waals surface area contributed by atoms with Gasteiger partial charge in [0.2, 0.25) is 0 Å². The van der Waals surface area contributed by atoms with Crippen LogP contribution < -0.4 is 0 Å². The smallest absolute Gasteiger partial charge is 0.410 e. The molecule has 0 bridgehead atoms. The molecule has 2 fully saturated rings. The van der Waals surface area contributed by atoms with E-state index in [0.717, 1.165) is 19.6 Å². The molecule has 23 heavy (non-hydrogen) atoms. The number of amides is 1. The van der Waals surface area contributed by atoms with Crippen LogP contribution in [0.15, 0.2) is 42.5 Å². The van der Waals surface area contributed by atoms with Crippen LogP contribution in [0.25, 0.3) is 0 Å². The number of likely N-dealkylation sites (tertiary alicyclic amines) is 1. The number of carbonyl (C=O) groups excluding carboxylic acids is 1. The van der Waals surface area contributed by atoms with Crippen molar-refractivity contribution >= 4 is 6.09 Å². The zero-order valence-corrected chi connectivity index (χ0v) is 14.0. The van der Waals surface area contributed by atoms with Crippen molar-refractivity contribution in [3.05, 3.63) is 48.0 Å². The fourth-order valence-corrected chi connectivity index (χ4v) is 4.02. The van der Waals surface area contributed by atoms with Crippen LogP contribution in [0.2, 0.25) is 0 Å². The standard InChI is InChI=1S/C19H24N2O2/c1-18(2,3)23-17(22)20-11-15-9-10-16(14-7-5-4-6-8-14)21-13-19(15,21)12-20/h4-10,15-16H,11-13H2,1-3H3/t15-,16+,19+,21?/m1/s1. The number of nitrogens with zero attached hydrogens (tertiary/aromatic N) is 2. The topological polar surface area (TPSA) is 32.5 Å². The van der Waals surface area contributed by atoms with E-state index >= 15 is 0 Å². The zero-order chi connectivity index (χ0) is 16.2. The second kappa shape index (κ2) is 4.84. The van der Waals surface area contributed by atoms with Gasteiger partial charge in [0, 0.05) is 25.6 Å². The van der Waals surface area contributed by atoms with Crippen LogP contribution in [0.5, 0.6) is 0 Å². The average molecular weight is 312 g/mol. The first kappa shape index (κ1) is 14.8. The molecule has 3 aliphatic heterocycles. The summed E-state index contributed by atoms with van der Waals surface area (Å²) in [5.41, 5.74) is 1.02. The van der Waals surface area contributed by atoms with Crippen molar-refractivity contribution in [2.45, 2.75) is 38.0 Å². The Kier molecular flexibility index (Phi) is 3.11. The molecular weight excluding hydrogens is 288 g/mol. The molecule has 1 amide bonds. The van der Waals surface area contributed by atoms with Gasteiger partial charge in [-0.25, -0.2) is 4.79 Å². The van der Waals surface area contributed by atoms with Crippen LogP contribution in [0, 0.1) is 5.92 Å². The molecule has 1 spiro atoms. The van der Waals surface area contributed by atoms with Gasteiger partial charge in [0.1, 0.15) is 5.60 Å². The van der Waals surface area contributed by atoms with Gasteiger partial charge in [-0.1, -0.05) is 42.5 Å². The van der Waals surface area contributed by atoms with Crippen molar-refractivity contribution in [3.63, 3.8) is 0 Å². The van der Waals surface area contributed by atoms with E-state index in [2.05, 4.69) is 47.4 Å². The Morgan fingerprint density at radius 3 is 2.61 bits per heavy atom. The highest BCUT2D eigenvalue weighted by atomic mass is 16.6. The SMILES string of the molecule is CC(C)(C)OC(=O)N1C[C@H]2C=C[C@@H](c3ccccc3)N3C[C@@]23C1. The Bertz CT molecular complexity index is 649. The maximum Gasteiger partial charge on any atom is 0.410 e. The minimum Gasteiger partial charge on any atom is -0.444 e. The van der Waals surface area contributed by atoms with Crippen LogP contribution in [-0.2, 0) is 4.74 Å². The quantitative estimate of drug-likeness (QED) is 0.589. The molecule has 0 radical (unpaired) electrons. The fourth-order valence-electron chi connectivity index (χ4n) is 4.02. The van der Waals surface area contributed by atoms with E-state index in [1.165, 1.54) is 5.56 Å². The first-order chi connectivity index (χ1) is 10.9. The van der Waals surface area contributed by atoms with E-state index in [1.54, 1.807) is 0 Å². The van der Waals surface area contributed by atoms with Gasteiger partial charge < -0.3 is 9.64 Å². The van der Waals surface area contributed by atoms with E-state index in [1.807, 2.05) is 25.7 Å². The Hall–Kier alpha value is -1.81. The summed E-state index contributed by atoms with van der Waals surface area (Å²) in [6.07, 6.45) is 4.42. The lowest BCUT2D eigenvalue weighted by Gasteiger charge is -2.27. The summed E-state index contributed by atoms with van der Waals surface area (Å²) < 4.78 is 5.55. The lowest BCUT2D eigenvalue weighted by molar-refractivity contribution is 0.0285. The van der Waals surface area contributed by atoms with Gasteiger partial charge in [-0.05, 0) is 26.3 Å². The van der Waals surface area contributed by atoms with Gasteiger partial charge in [-0.3, -0.25) is 4.90 Å². The first-order valence-electron chi connectivity index (χ1n) is 8.37. The minimum absolute atomic E-state index is 0.131. The molecule has 0 saturated carbocycles. The summed E-state index contributed by atoms with van der Waals surface area (Å²) in [6, 6.07) is 10.9. The van der Waals surface area contributed by atoms with Crippen LogP contribution in [0.3, 0.4) is 0 Å². The Morgan fingerprint density at radius 2 is 1.91 bits per heavy atom. The summed E-state index contributed by atoms with van der Waals surface area (Å²) in [5, 5.41) is 0. The van der Waals surface area contributed by atoms with Crippen LogP contribution in [-0.4, -0.2) is 46.7 Å². The van der Waals surface area contributed by atoms with Crippen molar-refractivity contribution in [3.8, 4) is 0 Å². The van der Waals surface area contributed by atoms with E-state index in [9.17, 15) is 4.79 Å². The molecule has 4 atom stereocenters. The molecule has 1 aromatic carbocycles. The zero-order valence-electron chi connectivity index (χ0n) is 14.0.